The number of benzene rings is 1. The fourth-order valence-electron chi connectivity index (χ4n) is 3.37. The molecule has 2 aromatic rings. The molecule has 1 aromatic carbocycles. The quantitative estimate of drug-likeness (QED) is 0.527. The number of amides is 2. The lowest BCUT2D eigenvalue weighted by atomic mass is 9.95. The first-order valence-corrected chi connectivity index (χ1v) is 11.0. The van der Waals surface area contributed by atoms with Crippen molar-refractivity contribution in [3.63, 3.8) is 0 Å². The maximum absolute atomic E-state index is 12.5. The zero-order chi connectivity index (χ0) is 23.8. The number of carbonyl (C=O) groups excluding carboxylic acids is 2. The largest absolute Gasteiger partial charge is 0.477 e. The lowest BCUT2D eigenvalue weighted by Crippen LogP contribution is -2.33. The second kappa shape index (κ2) is 9.09. The first kappa shape index (κ1) is 23.2. The highest BCUT2D eigenvalue weighted by Crippen LogP contribution is 2.37. The molecule has 2 amide bonds. The molecular weight excluding hydrogens is 426 g/mol. The van der Waals surface area contributed by atoms with Crippen LogP contribution >= 0.6 is 0 Å². The number of carbonyl (C=O) groups is 2. The fraction of sp³-hybridized carbons (Fsp3) is 0.458. The van der Waals surface area contributed by atoms with Gasteiger partial charge in [-0.2, -0.15) is 5.10 Å². The van der Waals surface area contributed by atoms with Crippen molar-refractivity contribution in [1.29, 1.82) is 0 Å². The number of ether oxygens (including phenoxy) is 3. The monoisotopic (exact) mass is 455 g/mol. The third kappa shape index (κ3) is 4.85. The minimum Gasteiger partial charge on any atom is -0.477 e. The second-order valence-corrected chi connectivity index (χ2v) is 9.25. The van der Waals surface area contributed by atoms with Gasteiger partial charge in [-0.25, -0.2) is 4.68 Å². The van der Waals surface area contributed by atoms with E-state index < -0.39 is 23.5 Å². The highest BCUT2D eigenvalue weighted by molar-refractivity contribution is 6.20. The van der Waals surface area contributed by atoms with Crippen LogP contribution in [-0.4, -0.2) is 46.2 Å². The Kier molecular flexibility index (Phi) is 6.38. The van der Waals surface area contributed by atoms with E-state index in [1.165, 1.54) is 0 Å². The molecule has 0 aliphatic carbocycles. The van der Waals surface area contributed by atoms with Gasteiger partial charge in [-0.1, -0.05) is 45.9 Å². The molecule has 0 radical (unpaired) electrons. The second-order valence-electron chi connectivity index (χ2n) is 9.25. The van der Waals surface area contributed by atoms with Crippen LogP contribution in [0.5, 0.6) is 5.88 Å². The van der Waals surface area contributed by atoms with Gasteiger partial charge in [0.1, 0.15) is 0 Å². The Morgan fingerprint density at radius 1 is 1.15 bits per heavy atom. The molecule has 0 N–H and O–H groups in total. The van der Waals surface area contributed by atoms with Crippen molar-refractivity contribution in [2.75, 3.05) is 13.2 Å². The summed E-state index contributed by atoms with van der Waals surface area (Å²) in [7, 11) is 0. The van der Waals surface area contributed by atoms with Crippen LogP contribution in [-0.2, 0) is 14.3 Å². The van der Waals surface area contributed by atoms with Crippen LogP contribution in [0.15, 0.2) is 36.5 Å². The van der Waals surface area contributed by atoms with Crippen molar-refractivity contribution < 1.29 is 28.6 Å². The van der Waals surface area contributed by atoms with Gasteiger partial charge >= 0.3 is 0 Å². The van der Waals surface area contributed by atoms with Crippen LogP contribution in [0.2, 0.25) is 0 Å². The Morgan fingerprint density at radius 2 is 1.79 bits per heavy atom. The number of aromatic nitrogens is 2. The molecule has 0 atom stereocenters. The summed E-state index contributed by atoms with van der Waals surface area (Å²) in [6.07, 6.45) is 4.56. The predicted octanol–water partition coefficient (Wildman–Crippen LogP) is 4.03. The fourth-order valence-corrected chi connectivity index (χ4v) is 3.37. The highest BCUT2D eigenvalue weighted by Gasteiger charge is 2.37. The van der Waals surface area contributed by atoms with Gasteiger partial charge in [0.2, 0.25) is 5.88 Å². The van der Waals surface area contributed by atoms with E-state index in [0.717, 1.165) is 10.6 Å². The molecular formula is C24H29N3O6. The molecule has 0 unspecified atom stereocenters. The summed E-state index contributed by atoms with van der Waals surface area (Å²) in [5, 5.41) is 5.23. The van der Waals surface area contributed by atoms with Gasteiger partial charge in [0, 0.05) is 11.6 Å². The van der Waals surface area contributed by atoms with Gasteiger partial charge in [-0.15, -0.1) is 5.06 Å². The van der Waals surface area contributed by atoms with E-state index in [9.17, 15) is 9.59 Å². The van der Waals surface area contributed by atoms with Crippen LogP contribution in [0.1, 0.15) is 67.2 Å². The molecule has 1 saturated heterocycles. The minimum atomic E-state index is -0.519. The summed E-state index contributed by atoms with van der Waals surface area (Å²) in [6.45, 7) is 10.4. The Labute approximate surface area is 192 Å². The molecule has 3 heterocycles. The van der Waals surface area contributed by atoms with Crippen LogP contribution in [0.3, 0.4) is 0 Å². The molecule has 0 bridgehead atoms. The summed E-state index contributed by atoms with van der Waals surface area (Å²) in [6, 6.07) is 6.68. The number of nitrogens with zero attached hydrogens (tertiary/aromatic N) is 3. The maximum atomic E-state index is 12.5. The molecule has 1 fully saturated rings. The molecule has 33 heavy (non-hydrogen) atoms. The Morgan fingerprint density at radius 3 is 2.36 bits per heavy atom. The van der Waals surface area contributed by atoms with E-state index in [2.05, 4.69) is 18.9 Å². The average Bonchev–Trinajstić information content (AvgIpc) is 3.26. The lowest BCUT2D eigenvalue weighted by molar-refractivity contribution is -0.382. The Hall–Kier alpha value is -3.01. The van der Waals surface area contributed by atoms with Crippen molar-refractivity contribution in [2.45, 2.75) is 47.2 Å². The van der Waals surface area contributed by atoms with Crippen molar-refractivity contribution >= 4 is 18.0 Å². The summed E-state index contributed by atoms with van der Waals surface area (Å²) < 4.78 is 18.8. The van der Waals surface area contributed by atoms with E-state index in [-0.39, 0.29) is 12.9 Å². The molecule has 2 aliphatic rings. The molecule has 9 heteroatoms. The molecule has 1 aromatic heterocycles. The van der Waals surface area contributed by atoms with Gasteiger partial charge in [0.15, 0.2) is 12.6 Å². The normalized spacial score (nSPS) is 20.6. The van der Waals surface area contributed by atoms with Gasteiger partial charge in [0.25, 0.3) is 11.8 Å². The molecule has 176 valence electrons. The topological polar surface area (TPSA) is 92.1 Å². The number of rotatable bonds is 9. The third-order valence-electron chi connectivity index (χ3n) is 5.20. The Balaban J connectivity index is 1.44. The smallest absolute Gasteiger partial charge is 0.285 e. The Bertz CT molecular complexity index is 1030. The van der Waals surface area contributed by atoms with Crippen LogP contribution in [0.25, 0.3) is 6.20 Å². The minimum absolute atomic E-state index is 0.109. The third-order valence-corrected chi connectivity index (χ3v) is 5.20. The number of hydroxylamine groups is 2. The van der Waals surface area contributed by atoms with Crippen molar-refractivity contribution in [1.82, 2.24) is 14.8 Å². The number of fused-ring (bicyclic) bond motifs is 1. The first-order chi connectivity index (χ1) is 15.7. The molecule has 2 aliphatic heterocycles. The molecule has 0 spiro atoms. The van der Waals surface area contributed by atoms with E-state index in [1.807, 2.05) is 26.8 Å². The van der Waals surface area contributed by atoms with Crippen LogP contribution in [0, 0.1) is 11.3 Å². The van der Waals surface area contributed by atoms with Crippen molar-refractivity contribution in [3.8, 4) is 5.88 Å². The van der Waals surface area contributed by atoms with E-state index >= 15 is 0 Å². The molecule has 4 rings (SSSR count). The first-order valence-electron chi connectivity index (χ1n) is 11.0. The number of imide groups is 1. The van der Waals surface area contributed by atoms with Gasteiger partial charge in [-0.05, 0) is 25.0 Å². The van der Waals surface area contributed by atoms with Crippen molar-refractivity contribution in [2.24, 2.45) is 11.3 Å². The highest BCUT2D eigenvalue weighted by atomic mass is 16.9. The van der Waals surface area contributed by atoms with Crippen molar-refractivity contribution in [3.05, 3.63) is 53.2 Å². The average molecular weight is 456 g/mol. The maximum Gasteiger partial charge on any atom is 0.285 e. The summed E-state index contributed by atoms with van der Waals surface area (Å²) in [4.78, 5) is 30.6. The summed E-state index contributed by atoms with van der Waals surface area (Å²) >= 11 is 0. The zero-order valence-electron chi connectivity index (χ0n) is 19.5. The molecule has 9 nitrogen and oxygen atoms in total. The van der Waals surface area contributed by atoms with E-state index in [0.29, 0.717) is 29.5 Å². The van der Waals surface area contributed by atoms with E-state index in [1.54, 1.807) is 41.3 Å². The van der Waals surface area contributed by atoms with Crippen LogP contribution < -0.4 is 4.74 Å². The van der Waals surface area contributed by atoms with Crippen LogP contribution in [0.4, 0.5) is 0 Å². The SMILES string of the molecule is CC(C)COc1c(C2OC(C)O2)cnn1/C=C/C(C)(C)CON1C(=O)c2ccccc2C1=O. The summed E-state index contributed by atoms with van der Waals surface area (Å²) in [5.41, 5.74) is 0.899. The van der Waals surface area contributed by atoms with Gasteiger partial charge in [-0.3, -0.25) is 14.4 Å². The number of hydrogen-bond acceptors (Lipinski definition) is 7. The van der Waals surface area contributed by atoms with Gasteiger partial charge in [0.05, 0.1) is 36.1 Å². The number of hydrogen-bond donors (Lipinski definition) is 0. The summed E-state index contributed by atoms with van der Waals surface area (Å²) in [5.74, 6) is -0.0249. The van der Waals surface area contributed by atoms with E-state index in [4.69, 9.17) is 19.0 Å². The standard InChI is InChI=1S/C24H29N3O6/c1-15(2)13-30-22-19(23-32-16(3)33-23)12-25-26(22)11-10-24(4,5)14-31-27-20(28)17-8-6-7-9-18(17)21(27)29/h6-12,15-16,23H,13-14H2,1-5H3/b11-10+. The van der Waals surface area contributed by atoms with Gasteiger partial charge < -0.3 is 14.2 Å². The molecule has 0 saturated carbocycles. The zero-order valence-corrected chi connectivity index (χ0v) is 19.5. The lowest BCUT2D eigenvalue weighted by Gasteiger charge is -2.33. The predicted molar refractivity (Wildman–Crippen MR) is 119 cm³/mol.